The molecule has 0 fully saturated rings. The molecule has 0 unspecified atom stereocenters. The first-order valence-corrected chi connectivity index (χ1v) is 8.80. The van der Waals surface area contributed by atoms with Crippen molar-refractivity contribution in [1.82, 2.24) is 5.32 Å². The molecule has 0 radical (unpaired) electrons. The summed E-state index contributed by atoms with van der Waals surface area (Å²) in [7, 11) is 0. The summed E-state index contributed by atoms with van der Waals surface area (Å²) in [6, 6.07) is 15.3. The maximum Gasteiger partial charge on any atom is 0.241 e. The Labute approximate surface area is 148 Å². The zero-order chi connectivity index (χ0) is 17.8. The Morgan fingerprint density at radius 2 is 1.80 bits per heavy atom. The van der Waals surface area contributed by atoms with E-state index in [0.29, 0.717) is 11.3 Å². The van der Waals surface area contributed by atoms with Crippen LogP contribution in [0.15, 0.2) is 48.5 Å². The van der Waals surface area contributed by atoms with E-state index < -0.39 is 0 Å². The molecule has 4 nitrogen and oxygen atoms in total. The summed E-state index contributed by atoms with van der Waals surface area (Å²) in [6.45, 7) is 3.41. The van der Waals surface area contributed by atoms with E-state index in [0.717, 1.165) is 19.3 Å². The van der Waals surface area contributed by atoms with E-state index >= 15 is 0 Å². The third-order valence-corrected chi connectivity index (χ3v) is 4.77. The Morgan fingerprint density at radius 3 is 2.52 bits per heavy atom. The summed E-state index contributed by atoms with van der Waals surface area (Å²) in [6.07, 6.45) is 3.29. The second-order valence-electron chi connectivity index (χ2n) is 6.65. The molecular weight excluding hydrogens is 312 g/mol. The van der Waals surface area contributed by atoms with Crippen LogP contribution in [-0.4, -0.2) is 17.7 Å². The SMILES string of the molecule is CC(=O)c1ccc(NC(=O)[C@@H](C)N[C@@H]2CCCc3ccccc32)cc1. The molecule has 0 spiro atoms. The van der Waals surface area contributed by atoms with Crippen LogP contribution >= 0.6 is 0 Å². The molecule has 4 heteroatoms. The van der Waals surface area contributed by atoms with Gasteiger partial charge in [-0.25, -0.2) is 0 Å². The van der Waals surface area contributed by atoms with Gasteiger partial charge in [0.25, 0.3) is 0 Å². The van der Waals surface area contributed by atoms with Crippen molar-refractivity contribution in [2.75, 3.05) is 5.32 Å². The second kappa shape index (κ2) is 7.62. The third kappa shape index (κ3) is 4.15. The lowest BCUT2D eigenvalue weighted by atomic mass is 9.87. The molecule has 130 valence electrons. The number of aryl methyl sites for hydroxylation is 1. The van der Waals surface area contributed by atoms with Crippen LogP contribution in [0, 0.1) is 0 Å². The van der Waals surface area contributed by atoms with Crippen molar-refractivity contribution < 1.29 is 9.59 Å². The predicted octanol–water partition coefficient (Wildman–Crippen LogP) is 3.88. The lowest BCUT2D eigenvalue weighted by molar-refractivity contribution is -0.118. The lowest BCUT2D eigenvalue weighted by Gasteiger charge is -2.29. The number of fused-ring (bicyclic) bond motifs is 1. The number of hydrogen-bond acceptors (Lipinski definition) is 3. The summed E-state index contributed by atoms with van der Waals surface area (Å²) in [5.74, 6) is -0.0532. The molecule has 0 heterocycles. The first-order valence-electron chi connectivity index (χ1n) is 8.80. The average molecular weight is 336 g/mol. The van der Waals surface area contributed by atoms with Gasteiger partial charge < -0.3 is 5.32 Å². The largest absolute Gasteiger partial charge is 0.325 e. The number of ketones is 1. The van der Waals surface area contributed by atoms with Gasteiger partial charge in [0.05, 0.1) is 6.04 Å². The Morgan fingerprint density at radius 1 is 1.08 bits per heavy atom. The highest BCUT2D eigenvalue weighted by molar-refractivity contribution is 5.97. The summed E-state index contributed by atoms with van der Waals surface area (Å²) in [4.78, 5) is 23.8. The fourth-order valence-electron chi connectivity index (χ4n) is 3.34. The van der Waals surface area contributed by atoms with Gasteiger partial charge in [0.2, 0.25) is 5.91 Å². The lowest BCUT2D eigenvalue weighted by Crippen LogP contribution is -2.41. The van der Waals surface area contributed by atoms with Crippen LogP contribution < -0.4 is 10.6 Å². The van der Waals surface area contributed by atoms with E-state index in [1.165, 1.54) is 18.1 Å². The molecule has 2 N–H and O–H groups in total. The quantitative estimate of drug-likeness (QED) is 0.815. The third-order valence-electron chi connectivity index (χ3n) is 4.77. The van der Waals surface area contributed by atoms with Crippen molar-refractivity contribution in [2.24, 2.45) is 0 Å². The maximum absolute atomic E-state index is 12.5. The molecule has 2 aromatic carbocycles. The molecule has 0 aromatic heterocycles. The van der Waals surface area contributed by atoms with Gasteiger partial charge in [0.15, 0.2) is 5.78 Å². The molecule has 2 aromatic rings. The molecule has 0 bridgehead atoms. The van der Waals surface area contributed by atoms with Crippen LogP contribution in [0.5, 0.6) is 0 Å². The normalized spacial score (nSPS) is 17.4. The first-order chi connectivity index (χ1) is 12.0. The number of rotatable bonds is 5. The number of benzene rings is 2. The molecule has 3 rings (SSSR count). The molecule has 1 amide bonds. The van der Waals surface area contributed by atoms with Gasteiger partial charge in [-0.05, 0) is 68.5 Å². The van der Waals surface area contributed by atoms with Gasteiger partial charge in [-0.15, -0.1) is 0 Å². The molecule has 1 aliphatic rings. The summed E-state index contributed by atoms with van der Waals surface area (Å²) < 4.78 is 0. The topological polar surface area (TPSA) is 58.2 Å². The van der Waals surface area contributed by atoms with Crippen molar-refractivity contribution in [1.29, 1.82) is 0 Å². The predicted molar refractivity (Wildman–Crippen MR) is 99.8 cm³/mol. The van der Waals surface area contributed by atoms with Gasteiger partial charge in [-0.3, -0.25) is 14.9 Å². The van der Waals surface area contributed by atoms with E-state index in [4.69, 9.17) is 0 Å². The summed E-state index contributed by atoms with van der Waals surface area (Å²) >= 11 is 0. The van der Waals surface area contributed by atoms with Gasteiger partial charge in [-0.1, -0.05) is 24.3 Å². The fraction of sp³-hybridized carbons (Fsp3) is 0.333. The maximum atomic E-state index is 12.5. The number of carbonyl (C=O) groups excluding carboxylic acids is 2. The number of Topliss-reactive ketones (excluding diaryl/α,β-unsaturated/α-hetero) is 1. The van der Waals surface area contributed by atoms with Crippen LogP contribution in [0.1, 0.15) is 54.2 Å². The van der Waals surface area contributed by atoms with Crippen LogP contribution in [0.4, 0.5) is 5.69 Å². The van der Waals surface area contributed by atoms with Crippen molar-refractivity contribution in [3.63, 3.8) is 0 Å². The van der Waals surface area contributed by atoms with Gasteiger partial charge >= 0.3 is 0 Å². The van der Waals surface area contributed by atoms with Crippen molar-refractivity contribution >= 4 is 17.4 Å². The van der Waals surface area contributed by atoms with E-state index in [1.54, 1.807) is 24.3 Å². The minimum absolute atomic E-state index is 0.0175. The Kier molecular flexibility index (Phi) is 5.29. The van der Waals surface area contributed by atoms with Crippen molar-refractivity contribution in [3.8, 4) is 0 Å². The first kappa shape index (κ1) is 17.4. The molecule has 2 atom stereocenters. The van der Waals surface area contributed by atoms with Gasteiger partial charge in [-0.2, -0.15) is 0 Å². The molecule has 0 saturated heterocycles. The molecule has 0 aliphatic heterocycles. The van der Waals surface area contributed by atoms with E-state index in [-0.39, 0.29) is 23.8 Å². The highest BCUT2D eigenvalue weighted by Gasteiger charge is 2.23. The minimum atomic E-state index is -0.302. The zero-order valence-electron chi connectivity index (χ0n) is 14.7. The van der Waals surface area contributed by atoms with Gasteiger partial charge in [0.1, 0.15) is 0 Å². The monoisotopic (exact) mass is 336 g/mol. The second-order valence-corrected chi connectivity index (χ2v) is 6.65. The number of nitrogens with one attached hydrogen (secondary N) is 2. The molecular formula is C21H24N2O2. The van der Waals surface area contributed by atoms with E-state index in [1.807, 2.05) is 6.92 Å². The average Bonchev–Trinajstić information content (AvgIpc) is 2.62. The van der Waals surface area contributed by atoms with Gasteiger partial charge in [0, 0.05) is 17.3 Å². The highest BCUT2D eigenvalue weighted by atomic mass is 16.2. The molecule has 1 aliphatic carbocycles. The van der Waals surface area contributed by atoms with Crippen LogP contribution in [-0.2, 0) is 11.2 Å². The van der Waals surface area contributed by atoms with Crippen LogP contribution in [0.25, 0.3) is 0 Å². The van der Waals surface area contributed by atoms with Crippen LogP contribution in [0.2, 0.25) is 0 Å². The fourth-order valence-corrected chi connectivity index (χ4v) is 3.34. The number of amides is 1. The van der Waals surface area contributed by atoms with E-state index in [9.17, 15) is 9.59 Å². The number of anilines is 1. The Balaban J connectivity index is 1.62. The molecule has 25 heavy (non-hydrogen) atoms. The number of hydrogen-bond donors (Lipinski definition) is 2. The molecule has 0 saturated carbocycles. The number of carbonyl (C=O) groups is 2. The standard InChI is InChI=1S/C21H24N2O2/c1-14(21(25)23-18-12-10-16(11-13-18)15(2)24)22-20-9-5-7-17-6-3-4-8-19(17)20/h3-4,6,8,10-14,20,22H,5,7,9H2,1-2H3,(H,23,25)/t14-,20-/m1/s1. The van der Waals surface area contributed by atoms with E-state index in [2.05, 4.69) is 34.9 Å². The highest BCUT2D eigenvalue weighted by Crippen LogP contribution is 2.29. The van der Waals surface area contributed by atoms with Crippen LogP contribution in [0.3, 0.4) is 0 Å². The van der Waals surface area contributed by atoms with Crippen molar-refractivity contribution in [2.45, 2.75) is 45.2 Å². The summed E-state index contributed by atoms with van der Waals surface area (Å²) in [5, 5.41) is 6.37. The Hall–Kier alpha value is -2.46. The summed E-state index contributed by atoms with van der Waals surface area (Å²) in [5.41, 5.74) is 4.02. The van der Waals surface area contributed by atoms with Crippen molar-refractivity contribution in [3.05, 3.63) is 65.2 Å². The minimum Gasteiger partial charge on any atom is -0.325 e. The smallest absolute Gasteiger partial charge is 0.241 e. The Bertz CT molecular complexity index is 768. The zero-order valence-corrected chi connectivity index (χ0v) is 14.7.